The summed E-state index contributed by atoms with van der Waals surface area (Å²) in [6.45, 7) is -0.0403. The minimum absolute atomic E-state index is 0.000577. The summed E-state index contributed by atoms with van der Waals surface area (Å²) in [6.07, 6.45) is 0.560. The number of benzene rings is 1. The predicted molar refractivity (Wildman–Crippen MR) is 49.3 cm³/mol. The van der Waals surface area contributed by atoms with Crippen molar-refractivity contribution in [1.29, 1.82) is 0 Å². The summed E-state index contributed by atoms with van der Waals surface area (Å²) in [6, 6.07) is 6.76. The zero-order valence-corrected chi connectivity index (χ0v) is 7.71. The van der Waals surface area contributed by atoms with E-state index in [0.717, 1.165) is 5.56 Å². The monoisotopic (exact) mass is 198 g/mol. The van der Waals surface area contributed by atoms with E-state index in [1.54, 1.807) is 24.3 Å². The second-order valence-corrected chi connectivity index (χ2v) is 3.75. The van der Waals surface area contributed by atoms with E-state index in [9.17, 15) is 8.78 Å². The molecule has 0 aromatic heterocycles. The van der Waals surface area contributed by atoms with Crippen molar-refractivity contribution in [1.82, 2.24) is 0 Å². The van der Waals surface area contributed by atoms with Gasteiger partial charge in [-0.3, -0.25) is 0 Å². The molecule has 1 saturated carbocycles. The van der Waals surface area contributed by atoms with Crippen molar-refractivity contribution >= 4 is 0 Å². The Morgan fingerprint density at radius 1 is 1.29 bits per heavy atom. The van der Waals surface area contributed by atoms with Crippen molar-refractivity contribution < 1.29 is 13.9 Å². The molecule has 0 aliphatic heterocycles. The first-order chi connectivity index (χ1) is 6.63. The fourth-order valence-corrected chi connectivity index (χ4v) is 1.77. The Kier molecular flexibility index (Phi) is 2.27. The van der Waals surface area contributed by atoms with E-state index in [1.165, 1.54) is 0 Å². The van der Waals surface area contributed by atoms with Crippen molar-refractivity contribution in [2.24, 2.45) is 0 Å². The summed E-state index contributed by atoms with van der Waals surface area (Å²) >= 11 is 0. The highest BCUT2D eigenvalue weighted by Crippen LogP contribution is 2.49. The van der Waals surface area contributed by atoms with Crippen molar-refractivity contribution in [3.8, 4) is 0 Å². The normalized spacial score (nSPS) is 24.4. The fraction of sp³-hybridized carbons (Fsp3) is 0.455. The van der Waals surface area contributed by atoms with E-state index in [2.05, 4.69) is 0 Å². The molecule has 1 N–H and O–H groups in total. The zero-order valence-electron chi connectivity index (χ0n) is 7.71. The smallest absolute Gasteiger partial charge is 0.254 e. The van der Waals surface area contributed by atoms with Gasteiger partial charge in [-0.05, 0) is 17.5 Å². The van der Waals surface area contributed by atoms with Gasteiger partial charge in [0, 0.05) is 12.3 Å². The Morgan fingerprint density at radius 2 is 1.93 bits per heavy atom. The number of alkyl halides is 2. The summed E-state index contributed by atoms with van der Waals surface area (Å²) in [4.78, 5) is 0. The van der Waals surface area contributed by atoms with E-state index in [1.807, 2.05) is 0 Å². The molecule has 1 unspecified atom stereocenters. The van der Waals surface area contributed by atoms with Crippen LogP contribution in [0.5, 0.6) is 0 Å². The maximum absolute atomic E-state index is 13.0. The van der Waals surface area contributed by atoms with Crippen LogP contribution >= 0.6 is 0 Å². The molecule has 1 aromatic rings. The molecule has 76 valence electrons. The van der Waals surface area contributed by atoms with Crippen molar-refractivity contribution in [3.05, 3.63) is 35.4 Å². The van der Waals surface area contributed by atoms with Gasteiger partial charge in [-0.25, -0.2) is 8.78 Å². The van der Waals surface area contributed by atoms with Crippen LogP contribution in [0.15, 0.2) is 24.3 Å². The molecular formula is C11H12F2O. The summed E-state index contributed by atoms with van der Waals surface area (Å²) in [5.41, 5.74) is 1.44. The highest BCUT2D eigenvalue weighted by Gasteiger charge is 2.48. The molecule has 0 spiro atoms. The van der Waals surface area contributed by atoms with Crippen LogP contribution in [0.1, 0.15) is 29.9 Å². The summed E-state index contributed by atoms with van der Waals surface area (Å²) < 4.78 is 26.0. The number of aliphatic hydroxyl groups is 1. The fourth-order valence-electron chi connectivity index (χ4n) is 1.77. The minimum Gasteiger partial charge on any atom is -0.392 e. The third kappa shape index (κ3) is 1.52. The lowest BCUT2D eigenvalue weighted by atomic mass is 9.76. The van der Waals surface area contributed by atoms with Crippen LogP contribution in [0, 0.1) is 0 Å². The predicted octanol–water partition coefficient (Wildman–Crippen LogP) is 2.69. The topological polar surface area (TPSA) is 20.2 Å². The maximum atomic E-state index is 13.0. The average molecular weight is 198 g/mol. The van der Waals surface area contributed by atoms with Crippen LogP contribution in [0.3, 0.4) is 0 Å². The molecule has 1 fully saturated rings. The van der Waals surface area contributed by atoms with Crippen LogP contribution in [0.2, 0.25) is 0 Å². The first-order valence-corrected chi connectivity index (χ1v) is 4.71. The molecule has 1 nitrogen and oxygen atoms in total. The van der Waals surface area contributed by atoms with Crippen LogP contribution in [0.4, 0.5) is 8.78 Å². The molecule has 0 heterocycles. The Hall–Kier alpha value is -0.960. The van der Waals surface area contributed by atoms with Crippen molar-refractivity contribution in [2.75, 3.05) is 0 Å². The molecule has 3 heteroatoms. The van der Waals surface area contributed by atoms with Gasteiger partial charge < -0.3 is 5.11 Å². The lowest BCUT2D eigenvalue weighted by Gasteiger charge is -2.36. The highest BCUT2D eigenvalue weighted by molar-refractivity contribution is 5.28. The Labute approximate surface area is 81.4 Å². The summed E-state index contributed by atoms with van der Waals surface area (Å²) in [5, 5.41) is 8.79. The van der Waals surface area contributed by atoms with E-state index >= 15 is 0 Å². The van der Waals surface area contributed by atoms with Crippen LogP contribution in [0.25, 0.3) is 0 Å². The summed E-state index contributed by atoms with van der Waals surface area (Å²) in [5.74, 6) is -3.14. The highest BCUT2D eigenvalue weighted by atomic mass is 19.3. The van der Waals surface area contributed by atoms with E-state index in [-0.39, 0.29) is 13.0 Å². The van der Waals surface area contributed by atoms with E-state index in [4.69, 9.17) is 5.11 Å². The van der Waals surface area contributed by atoms with Gasteiger partial charge in [0.1, 0.15) is 0 Å². The van der Waals surface area contributed by atoms with Gasteiger partial charge in [0.15, 0.2) is 0 Å². The van der Waals surface area contributed by atoms with Crippen LogP contribution < -0.4 is 0 Å². The molecule has 1 aromatic carbocycles. The number of hydrogen-bond acceptors (Lipinski definition) is 1. The molecule has 2 rings (SSSR count). The second kappa shape index (κ2) is 3.31. The van der Waals surface area contributed by atoms with Gasteiger partial charge >= 0.3 is 0 Å². The Bertz CT molecular complexity index is 319. The van der Waals surface area contributed by atoms with Crippen molar-refractivity contribution in [3.63, 3.8) is 0 Å². The molecule has 1 aliphatic carbocycles. The molecule has 0 radical (unpaired) electrons. The van der Waals surface area contributed by atoms with Gasteiger partial charge in [-0.15, -0.1) is 0 Å². The molecule has 1 atom stereocenters. The molecule has 1 aliphatic rings. The molecule has 14 heavy (non-hydrogen) atoms. The van der Waals surface area contributed by atoms with Crippen molar-refractivity contribution in [2.45, 2.75) is 31.3 Å². The lowest BCUT2D eigenvalue weighted by Crippen LogP contribution is -2.36. The average Bonchev–Trinajstić information content (AvgIpc) is 2.18. The number of halogens is 2. The zero-order chi connectivity index (χ0) is 10.2. The molecular weight excluding hydrogens is 186 g/mol. The minimum atomic E-state index is -2.53. The van der Waals surface area contributed by atoms with Gasteiger partial charge in [0.05, 0.1) is 6.61 Å². The molecule has 0 amide bonds. The molecule has 0 saturated heterocycles. The van der Waals surface area contributed by atoms with Gasteiger partial charge in [-0.1, -0.05) is 24.3 Å². The van der Waals surface area contributed by atoms with E-state index < -0.39 is 11.8 Å². The van der Waals surface area contributed by atoms with Gasteiger partial charge in [0.2, 0.25) is 0 Å². The van der Waals surface area contributed by atoms with E-state index in [0.29, 0.717) is 12.0 Å². The first kappa shape index (κ1) is 9.59. The number of aliphatic hydroxyl groups excluding tert-OH is 1. The Balaban J connectivity index is 2.17. The number of hydrogen-bond donors (Lipinski definition) is 1. The lowest BCUT2D eigenvalue weighted by molar-refractivity contribution is -0.0962. The second-order valence-electron chi connectivity index (χ2n) is 3.75. The maximum Gasteiger partial charge on any atom is 0.254 e. The largest absolute Gasteiger partial charge is 0.392 e. The third-order valence-corrected chi connectivity index (χ3v) is 2.84. The Morgan fingerprint density at radius 3 is 2.29 bits per heavy atom. The van der Waals surface area contributed by atoms with Crippen LogP contribution in [-0.4, -0.2) is 11.0 Å². The van der Waals surface area contributed by atoms with Crippen LogP contribution in [-0.2, 0) is 6.61 Å². The SMILES string of the molecule is OCc1ccc(C2CCC2(F)F)cc1. The van der Waals surface area contributed by atoms with Gasteiger partial charge in [-0.2, -0.15) is 0 Å². The first-order valence-electron chi connectivity index (χ1n) is 4.71. The van der Waals surface area contributed by atoms with Gasteiger partial charge in [0.25, 0.3) is 5.92 Å². The molecule has 0 bridgehead atoms. The standard InChI is InChI=1S/C11H12F2O/c12-11(13)6-5-10(11)9-3-1-8(7-14)2-4-9/h1-4,10,14H,5-7H2. The quantitative estimate of drug-likeness (QED) is 0.774. The summed E-state index contributed by atoms with van der Waals surface area (Å²) in [7, 11) is 0. The number of rotatable bonds is 2. The third-order valence-electron chi connectivity index (χ3n) is 2.84.